The maximum absolute atomic E-state index is 11.3. The van der Waals surface area contributed by atoms with Gasteiger partial charge in [-0.25, -0.2) is 4.98 Å². The molecule has 0 aliphatic heterocycles. The van der Waals surface area contributed by atoms with Gasteiger partial charge in [-0.2, -0.15) is 0 Å². The van der Waals surface area contributed by atoms with E-state index < -0.39 is 0 Å². The van der Waals surface area contributed by atoms with Crippen LogP contribution in [-0.4, -0.2) is 10.8 Å². The van der Waals surface area contributed by atoms with Crippen molar-refractivity contribution in [2.75, 3.05) is 0 Å². The fraction of sp³-hybridized carbons (Fsp3) is 0.484. The molecular formula is C31H43NO3. The molecule has 1 aromatic carbocycles. The Hall–Kier alpha value is -2.88. The molecule has 35 heavy (non-hydrogen) atoms. The van der Waals surface area contributed by atoms with Gasteiger partial charge < -0.3 is 13.9 Å². The SMILES string of the molecule is CCC.CCC1=CC=CC(c2nc(C(C)C)c(C(C)Oc3ccc(CCC(C)=O)c(C)c3)o2)=CC1. The van der Waals surface area contributed by atoms with E-state index in [9.17, 15) is 4.79 Å². The van der Waals surface area contributed by atoms with Gasteiger partial charge in [-0.3, -0.25) is 0 Å². The fourth-order valence-corrected chi connectivity index (χ4v) is 3.85. The molecule has 0 saturated carbocycles. The van der Waals surface area contributed by atoms with Gasteiger partial charge in [0.15, 0.2) is 11.9 Å². The number of aryl methyl sites for hydroxylation is 2. The van der Waals surface area contributed by atoms with E-state index in [1.807, 2.05) is 19.1 Å². The van der Waals surface area contributed by atoms with Crippen LogP contribution in [0.25, 0.3) is 5.57 Å². The van der Waals surface area contributed by atoms with Crippen LogP contribution in [0.2, 0.25) is 0 Å². The van der Waals surface area contributed by atoms with Crippen molar-refractivity contribution in [2.45, 2.75) is 99.5 Å². The predicted octanol–water partition coefficient (Wildman–Crippen LogP) is 8.86. The van der Waals surface area contributed by atoms with Crippen LogP contribution in [0, 0.1) is 6.92 Å². The lowest BCUT2D eigenvalue weighted by atomic mass is 10.0. The van der Waals surface area contributed by atoms with Crippen LogP contribution in [0.5, 0.6) is 5.75 Å². The number of hydrogen-bond acceptors (Lipinski definition) is 4. The van der Waals surface area contributed by atoms with E-state index in [1.54, 1.807) is 6.92 Å². The summed E-state index contributed by atoms with van der Waals surface area (Å²) >= 11 is 0. The summed E-state index contributed by atoms with van der Waals surface area (Å²) in [4.78, 5) is 16.1. The first-order valence-electron chi connectivity index (χ1n) is 13.0. The van der Waals surface area contributed by atoms with Crippen molar-refractivity contribution in [2.24, 2.45) is 0 Å². The molecule has 190 valence electrons. The number of allylic oxidation sites excluding steroid dienone is 6. The lowest BCUT2D eigenvalue weighted by molar-refractivity contribution is -0.116. The minimum absolute atomic E-state index is 0.209. The molecule has 1 aliphatic carbocycles. The molecule has 4 heteroatoms. The normalized spacial score (nSPS) is 14.0. The smallest absolute Gasteiger partial charge is 0.226 e. The number of benzene rings is 1. The topological polar surface area (TPSA) is 52.3 Å². The Morgan fingerprint density at radius 3 is 2.49 bits per heavy atom. The van der Waals surface area contributed by atoms with Crippen molar-refractivity contribution < 1.29 is 13.9 Å². The highest BCUT2D eigenvalue weighted by atomic mass is 16.5. The van der Waals surface area contributed by atoms with Crippen LogP contribution < -0.4 is 4.74 Å². The summed E-state index contributed by atoms with van der Waals surface area (Å²) in [6, 6.07) is 6.06. The quantitative estimate of drug-likeness (QED) is 0.362. The van der Waals surface area contributed by atoms with Gasteiger partial charge in [0.2, 0.25) is 5.89 Å². The highest BCUT2D eigenvalue weighted by Crippen LogP contribution is 2.33. The van der Waals surface area contributed by atoms with E-state index in [-0.39, 0.29) is 17.8 Å². The van der Waals surface area contributed by atoms with Crippen molar-refractivity contribution in [3.63, 3.8) is 0 Å². The Kier molecular flexibility index (Phi) is 11.2. The van der Waals surface area contributed by atoms with Crippen LogP contribution in [0.15, 0.2) is 52.5 Å². The second-order valence-electron chi connectivity index (χ2n) is 9.58. The van der Waals surface area contributed by atoms with Gasteiger partial charge in [-0.15, -0.1) is 0 Å². The molecule has 0 fully saturated rings. The molecule has 1 aliphatic rings. The molecule has 1 heterocycles. The van der Waals surface area contributed by atoms with E-state index in [2.05, 4.69) is 71.9 Å². The zero-order chi connectivity index (χ0) is 26.0. The highest BCUT2D eigenvalue weighted by molar-refractivity contribution is 5.75. The summed E-state index contributed by atoms with van der Waals surface area (Å²) < 4.78 is 12.5. The first kappa shape index (κ1) is 28.4. The average molecular weight is 478 g/mol. The lowest BCUT2D eigenvalue weighted by Gasteiger charge is -2.16. The number of Topliss-reactive ketones (excluding diaryl/α,β-unsaturated/α-hetero) is 1. The Bertz CT molecular complexity index is 1070. The largest absolute Gasteiger partial charge is 0.483 e. The first-order valence-corrected chi connectivity index (χ1v) is 13.0. The molecular weight excluding hydrogens is 434 g/mol. The Balaban J connectivity index is 0.00000137. The Morgan fingerprint density at radius 2 is 1.89 bits per heavy atom. The van der Waals surface area contributed by atoms with Crippen LogP contribution in [0.1, 0.15) is 115 Å². The lowest BCUT2D eigenvalue weighted by Crippen LogP contribution is -2.06. The highest BCUT2D eigenvalue weighted by Gasteiger charge is 2.24. The molecule has 0 N–H and O–H groups in total. The molecule has 4 nitrogen and oxygen atoms in total. The summed E-state index contributed by atoms with van der Waals surface area (Å²) in [6.45, 7) is 16.4. The van der Waals surface area contributed by atoms with Crippen LogP contribution >= 0.6 is 0 Å². The second kappa shape index (κ2) is 13.9. The maximum atomic E-state index is 11.3. The van der Waals surface area contributed by atoms with Crippen molar-refractivity contribution in [1.82, 2.24) is 4.98 Å². The molecule has 0 bridgehead atoms. The number of aromatic nitrogens is 1. The average Bonchev–Trinajstić information content (AvgIpc) is 3.12. The Morgan fingerprint density at radius 1 is 1.17 bits per heavy atom. The molecule has 0 saturated heterocycles. The minimum atomic E-state index is -0.268. The molecule has 0 amide bonds. The zero-order valence-corrected chi connectivity index (χ0v) is 22.9. The van der Waals surface area contributed by atoms with Crippen molar-refractivity contribution >= 4 is 11.4 Å². The van der Waals surface area contributed by atoms with Gasteiger partial charge in [-0.1, -0.05) is 70.9 Å². The molecule has 1 unspecified atom stereocenters. The summed E-state index contributed by atoms with van der Waals surface area (Å²) in [6.07, 6.45) is 12.8. The van der Waals surface area contributed by atoms with Gasteiger partial charge in [0.25, 0.3) is 0 Å². The van der Waals surface area contributed by atoms with Gasteiger partial charge in [0, 0.05) is 12.0 Å². The van der Waals surface area contributed by atoms with Gasteiger partial charge >= 0.3 is 0 Å². The molecule has 0 spiro atoms. The van der Waals surface area contributed by atoms with E-state index >= 15 is 0 Å². The summed E-state index contributed by atoms with van der Waals surface area (Å²) in [5.41, 5.74) is 5.65. The number of oxazole rings is 1. The van der Waals surface area contributed by atoms with Crippen LogP contribution in [0.3, 0.4) is 0 Å². The summed E-state index contributed by atoms with van der Waals surface area (Å²) in [5, 5.41) is 0. The Labute approximate surface area is 212 Å². The number of ether oxygens (including phenoxy) is 1. The van der Waals surface area contributed by atoms with Crippen molar-refractivity contribution in [1.29, 1.82) is 0 Å². The van der Waals surface area contributed by atoms with Crippen molar-refractivity contribution in [3.8, 4) is 5.75 Å². The fourth-order valence-electron chi connectivity index (χ4n) is 3.85. The third-order valence-electron chi connectivity index (χ3n) is 5.86. The number of hydrogen-bond donors (Lipinski definition) is 0. The second-order valence-corrected chi connectivity index (χ2v) is 9.58. The van der Waals surface area contributed by atoms with E-state index in [0.29, 0.717) is 12.3 Å². The zero-order valence-electron chi connectivity index (χ0n) is 22.9. The number of carbonyl (C=O) groups excluding carboxylic acids is 1. The molecule has 1 atom stereocenters. The van der Waals surface area contributed by atoms with Gasteiger partial charge in [-0.05, 0) is 75.3 Å². The van der Waals surface area contributed by atoms with Gasteiger partial charge in [0.05, 0.1) is 5.69 Å². The number of nitrogens with zero attached hydrogens (tertiary/aromatic N) is 1. The molecule has 2 aromatic rings. The third kappa shape index (κ3) is 8.38. The maximum Gasteiger partial charge on any atom is 0.226 e. The number of carbonyl (C=O) groups is 1. The van der Waals surface area contributed by atoms with E-state index in [4.69, 9.17) is 14.1 Å². The molecule has 0 radical (unpaired) electrons. The number of ketones is 1. The molecule has 3 rings (SSSR count). The minimum Gasteiger partial charge on any atom is -0.483 e. The first-order chi connectivity index (χ1) is 16.7. The van der Waals surface area contributed by atoms with E-state index in [1.165, 1.54) is 17.6 Å². The predicted molar refractivity (Wildman–Crippen MR) is 146 cm³/mol. The summed E-state index contributed by atoms with van der Waals surface area (Å²) in [5.74, 6) is 2.65. The van der Waals surface area contributed by atoms with Crippen LogP contribution in [0.4, 0.5) is 0 Å². The van der Waals surface area contributed by atoms with Gasteiger partial charge in [0.1, 0.15) is 11.5 Å². The summed E-state index contributed by atoms with van der Waals surface area (Å²) in [7, 11) is 0. The monoisotopic (exact) mass is 477 g/mol. The third-order valence-corrected chi connectivity index (χ3v) is 5.86. The number of rotatable bonds is 9. The van der Waals surface area contributed by atoms with Crippen LogP contribution in [-0.2, 0) is 11.2 Å². The standard InChI is InChI=1S/C28H35NO3.C3H8/c1-7-22-9-8-10-24(14-12-22)28-29-26(18(2)3)27(32-28)21(6)31-25-16-15-23(19(4)17-25)13-11-20(5)30;1-3-2/h8-10,14-18,21H,7,11-13H2,1-6H3;3H2,1-2H3. The van der Waals surface area contributed by atoms with Crippen molar-refractivity contribution in [3.05, 3.63) is 76.5 Å². The van der Waals surface area contributed by atoms with E-state index in [0.717, 1.165) is 47.6 Å². The molecule has 1 aromatic heterocycles.